The lowest BCUT2D eigenvalue weighted by Gasteiger charge is -2.17. The molecule has 0 bridgehead atoms. The summed E-state index contributed by atoms with van der Waals surface area (Å²) in [6, 6.07) is 0. The van der Waals surface area contributed by atoms with Gasteiger partial charge in [-0.3, -0.25) is 4.79 Å². The van der Waals surface area contributed by atoms with Gasteiger partial charge in [-0.1, -0.05) is 0 Å². The number of carbonyl (C=O) groups excluding carboxylic acids is 1. The van der Waals surface area contributed by atoms with Gasteiger partial charge in [-0.2, -0.15) is 22.0 Å². The summed E-state index contributed by atoms with van der Waals surface area (Å²) in [7, 11) is 0.903. The Labute approximate surface area is 71.3 Å². The minimum atomic E-state index is -4.43. The number of nitrogens with zero attached hydrogens (tertiary/aromatic N) is 1. The molecule has 7 heteroatoms. The van der Waals surface area contributed by atoms with Crippen molar-refractivity contribution in [3.8, 4) is 0 Å². The van der Waals surface area contributed by atoms with Gasteiger partial charge in [-0.25, -0.2) is 0 Å². The first-order valence-electron chi connectivity index (χ1n) is 3.34. The first kappa shape index (κ1) is 12.1. The molecule has 78 valence electrons. The average molecular weight is 205 g/mol. The fraction of sp³-hybridized carbons (Fsp3) is 0.833. The molecule has 0 aliphatic rings. The van der Waals surface area contributed by atoms with Crippen LogP contribution < -0.4 is 0 Å². The van der Waals surface area contributed by atoms with Crippen molar-refractivity contribution in [1.82, 2.24) is 4.90 Å². The van der Waals surface area contributed by atoms with Gasteiger partial charge < -0.3 is 4.90 Å². The number of carbonyl (C=O) groups is 1. The van der Waals surface area contributed by atoms with Crippen molar-refractivity contribution in [1.29, 1.82) is 0 Å². The molecular weight excluding hydrogens is 197 g/mol. The van der Waals surface area contributed by atoms with E-state index in [0.29, 0.717) is 4.90 Å². The molecule has 0 radical (unpaired) electrons. The number of amides is 1. The van der Waals surface area contributed by atoms with E-state index in [1.165, 1.54) is 0 Å². The Morgan fingerprint density at radius 1 is 1.38 bits per heavy atom. The molecule has 0 aliphatic carbocycles. The van der Waals surface area contributed by atoms with Gasteiger partial charge in [0.05, 0.1) is 6.42 Å². The number of rotatable bonds is 3. The molecule has 1 amide bonds. The van der Waals surface area contributed by atoms with E-state index >= 15 is 0 Å². The predicted octanol–water partition coefficient (Wildman–Crippen LogP) is 1.66. The van der Waals surface area contributed by atoms with Crippen molar-refractivity contribution >= 4 is 5.91 Å². The lowest BCUT2D eigenvalue weighted by molar-refractivity contribution is -0.150. The smallest absolute Gasteiger partial charge is 0.340 e. The van der Waals surface area contributed by atoms with Gasteiger partial charge in [0.15, 0.2) is 0 Å². The molecule has 0 aromatic carbocycles. The standard InChI is InChI=1S/C6H8F5NO/c1-12(5(13)4(7)8)3-2-6(9,10)11/h4H,2-3H2,1H3. The second kappa shape index (κ2) is 4.38. The topological polar surface area (TPSA) is 20.3 Å². The van der Waals surface area contributed by atoms with Gasteiger partial charge in [0.1, 0.15) is 0 Å². The molecule has 0 spiro atoms. The molecule has 0 aliphatic heterocycles. The second-order valence-electron chi connectivity index (χ2n) is 2.43. The van der Waals surface area contributed by atoms with Crippen LogP contribution in [0.15, 0.2) is 0 Å². The molecule has 0 aromatic heterocycles. The van der Waals surface area contributed by atoms with E-state index in [4.69, 9.17) is 0 Å². The van der Waals surface area contributed by atoms with Crippen molar-refractivity contribution in [2.24, 2.45) is 0 Å². The minimum Gasteiger partial charge on any atom is -0.340 e. The lowest BCUT2D eigenvalue weighted by Crippen LogP contribution is -2.34. The highest BCUT2D eigenvalue weighted by Crippen LogP contribution is 2.19. The Morgan fingerprint density at radius 3 is 2.15 bits per heavy atom. The normalized spacial score (nSPS) is 11.9. The third kappa shape index (κ3) is 5.37. The van der Waals surface area contributed by atoms with Crippen molar-refractivity contribution < 1.29 is 26.7 Å². The minimum absolute atomic E-state index is 0.359. The van der Waals surface area contributed by atoms with Crippen LogP contribution in [0.3, 0.4) is 0 Å². The summed E-state index contributed by atoms with van der Waals surface area (Å²) < 4.78 is 57.9. The summed E-state index contributed by atoms with van der Waals surface area (Å²) in [5.74, 6) is -1.59. The van der Waals surface area contributed by atoms with Crippen molar-refractivity contribution in [3.63, 3.8) is 0 Å². The van der Waals surface area contributed by atoms with Gasteiger partial charge in [-0.15, -0.1) is 0 Å². The van der Waals surface area contributed by atoms with Gasteiger partial charge in [-0.05, 0) is 0 Å². The SMILES string of the molecule is CN(CCC(F)(F)F)C(=O)C(F)F. The van der Waals surface area contributed by atoms with Gasteiger partial charge >= 0.3 is 12.6 Å². The maximum absolute atomic E-state index is 11.6. The Morgan fingerprint density at radius 2 is 1.85 bits per heavy atom. The molecule has 0 heterocycles. The fourth-order valence-corrected chi connectivity index (χ4v) is 0.571. The zero-order chi connectivity index (χ0) is 10.6. The molecule has 0 fully saturated rings. The van der Waals surface area contributed by atoms with Crippen LogP contribution in [0.25, 0.3) is 0 Å². The van der Waals surface area contributed by atoms with E-state index in [1.54, 1.807) is 0 Å². The van der Waals surface area contributed by atoms with Crippen LogP contribution in [-0.4, -0.2) is 37.0 Å². The molecule has 2 nitrogen and oxygen atoms in total. The number of hydrogen-bond acceptors (Lipinski definition) is 1. The van der Waals surface area contributed by atoms with E-state index in [9.17, 15) is 26.7 Å². The van der Waals surface area contributed by atoms with Crippen LogP contribution in [0.1, 0.15) is 6.42 Å². The van der Waals surface area contributed by atoms with Crippen molar-refractivity contribution in [3.05, 3.63) is 0 Å². The zero-order valence-electron chi connectivity index (χ0n) is 6.74. The highest BCUT2D eigenvalue weighted by molar-refractivity contribution is 5.78. The summed E-state index contributed by atoms with van der Waals surface area (Å²) in [5, 5.41) is 0. The van der Waals surface area contributed by atoms with Crippen LogP contribution >= 0.6 is 0 Å². The third-order valence-electron chi connectivity index (χ3n) is 1.29. The lowest BCUT2D eigenvalue weighted by atomic mass is 10.4. The molecule has 13 heavy (non-hydrogen) atoms. The Balaban J connectivity index is 3.88. The molecule has 0 N–H and O–H groups in total. The van der Waals surface area contributed by atoms with E-state index < -0.39 is 31.5 Å². The quantitative estimate of drug-likeness (QED) is 0.641. The average Bonchev–Trinajstić information content (AvgIpc) is 1.97. The fourth-order valence-electron chi connectivity index (χ4n) is 0.571. The molecular formula is C6H8F5NO. The summed E-state index contributed by atoms with van der Waals surface area (Å²) in [6.45, 7) is -0.743. The highest BCUT2D eigenvalue weighted by atomic mass is 19.4. The number of halogens is 5. The number of hydrogen-bond donors (Lipinski definition) is 0. The van der Waals surface area contributed by atoms with Crippen LogP contribution in [0, 0.1) is 0 Å². The predicted molar refractivity (Wildman–Crippen MR) is 34.3 cm³/mol. The van der Waals surface area contributed by atoms with Crippen LogP contribution in [0.4, 0.5) is 22.0 Å². The maximum atomic E-state index is 11.6. The summed E-state index contributed by atoms with van der Waals surface area (Å²) in [6.07, 6.45) is -8.96. The van der Waals surface area contributed by atoms with Crippen molar-refractivity contribution in [2.75, 3.05) is 13.6 Å². The molecule has 0 rings (SSSR count). The van der Waals surface area contributed by atoms with E-state index in [2.05, 4.69) is 0 Å². The van der Waals surface area contributed by atoms with Crippen molar-refractivity contribution in [2.45, 2.75) is 19.0 Å². The van der Waals surface area contributed by atoms with E-state index in [-0.39, 0.29) is 0 Å². The highest BCUT2D eigenvalue weighted by Gasteiger charge is 2.29. The monoisotopic (exact) mass is 205 g/mol. The van der Waals surface area contributed by atoms with Crippen LogP contribution in [-0.2, 0) is 4.79 Å². The Bertz CT molecular complexity index is 178. The first-order valence-corrected chi connectivity index (χ1v) is 3.34. The summed E-state index contributed by atoms with van der Waals surface area (Å²) in [5.41, 5.74) is 0. The van der Waals surface area contributed by atoms with Gasteiger partial charge in [0, 0.05) is 13.6 Å². The molecule has 0 atom stereocenters. The second-order valence-corrected chi connectivity index (χ2v) is 2.43. The molecule has 0 aromatic rings. The summed E-state index contributed by atoms with van der Waals surface area (Å²) in [4.78, 5) is 10.7. The number of alkyl halides is 5. The van der Waals surface area contributed by atoms with E-state index in [0.717, 1.165) is 7.05 Å². The van der Waals surface area contributed by atoms with Crippen LogP contribution in [0.5, 0.6) is 0 Å². The Kier molecular flexibility index (Phi) is 4.09. The Hall–Kier alpha value is -0.880. The molecule has 0 unspecified atom stereocenters. The first-order chi connectivity index (χ1) is 5.74. The van der Waals surface area contributed by atoms with Crippen LogP contribution in [0.2, 0.25) is 0 Å². The molecule has 0 saturated heterocycles. The summed E-state index contributed by atoms with van der Waals surface area (Å²) >= 11 is 0. The van der Waals surface area contributed by atoms with Gasteiger partial charge in [0.25, 0.3) is 5.91 Å². The van der Waals surface area contributed by atoms with E-state index in [1.807, 2.05) is 0 Å². The largest absolute Gasteiger partial charge is 0.390 e. The molecule has 0 saturated carbocycles. The third-order valence-corrected chi connectivity index (χ3v) is 1.29. The maximum Gasteiger partial charge on any atom is 0.390 e. The van der Waals surface area contributed by atoms with Gasteiger partial charge in [0.2, 0.25) is 0 Å². The zero-order valence-corrected chi connectivity index (χ0v) is 6.74.